The van der Waals surface area contributed by atoms with Crippen LogP contribution in [0.2, 0.25) is 10.0 Å². The molecule has 0 bridgehead atoms. The summed E-state index contributed by atoms with van der Waals surface area (Å²) in [4.78, 5) is 23.2. The second kappa shape index (κ2) is 10.7. The number of nitro groups is 1. The number of carbonyl (C=O) groups is 1. The molecule has 3 aromatic carbocycles. The fraction of sp³-hybridized carbons (Fsp3) is 0.0417. The highest BCUT2D eigenvalue weighted by Gasteiger charge is 2.20. The van der Waals surface area contributed by atoms with Gasteiger partial charge in [0.1, 0.15) is 17.2 Å². The minimum Gasteiger partial charge on any atom is -0.487 e. The van der Waals surface area contributed by atoms with Gasteiger partial charge in [0.2, 0.25) is 0 Å². The summed E-state index contributed by atoms with van der Waals surface area (Å²) < 4.78 is 25.5. The number of hydrogen-bond acceptors (Lipinski definition) is 6. The number of benzene rings is 3. The first kappa shape index (κ1) is 24.5. The van der Waals surface area contributed by atoms with Gasteiger partial charge in [-0.1, -0.05) is 53.5 Å². The zero-order valence-electron chi connectivity index (χ0n) is 17.7. The number of amides is 1. The van der Waals surface area contributed by atoms with Gasteiger partial charge in [-0.05, 0) is 29.1 Å². The van der Waals surface area contributed by atoms with Crippen LogP contribution in [-0.2, 0) is 6.61 Å². The van der Waals surface area contributed by atoms with Gasteiger partial charge >= 0.3 is 0 Å². The number of thiophene rings is 1. The molecule has 0 atom stereocenters. The zero-order valence-corrected chi connectivity index (χ0v) is 20.0. The molecule has 178 valence electrons. The van der Waals surface area contributed by atoms with Crippen LogP contribution < -0.4 is 14.8 Å². The second-order valence-electron chi connectivity index (χ2n) is 7.08. The SMILES string of the molecule is O=C(Nc1cc(OCc2ccccc2)c(Cl)cc1Cl)c1sccc1Oc1ccc([N+](=O)[O-])cc1F. The van der Waals surface area contributed by atoms with Crippen molar-refractivity contribution < 1.29 is 23.6 Å². The van der Waals surface area contributed by atoms with E-state index in [0.29, 0.717) is 5.75 Å². The van der Waals surface area contributed by atoms with Crippen molar-refractivity contribution in [2.75, 3.05) is 5.32 Å². The Hall–Kier alpha value is -3.66. The molecule has 35 heavy (non-hydrogen) atoms. The Kier molecular flexibility index (Phi) is 7.50. The average Bonchev–Trinajstić information content (AvgIpc) is 3.30. The van der Waals surface area contributed by atoms with Gasteiger partial charge in [0.15, 0.2) is 17.3 Å². The number of nitrogens with one attached hydrogen (secondary N) is 1. The van der Waals surface area contributed by atoms with Crippen molar-refractivity contribution in [1.29, 1.82) is 0 Å². The Morgan fingerprint density at radius 1 is 1.00 bits per heavy atom. The molecule has 0 unspecified atom stereocenters. The van der Waals surface area contributed by atoms with E-state index in [9.17, 15) is 19.3 Å². The number of rotatable bonds is 8. The van der Waals surface area contributed by atoms with Crippen molar-refractivity contribution in [1.82, 2.24) is 0 Å². The van der Waals surface area contributed by atoms with Crippen molar-refractivity contribution in [3.05, 3.63) is 109 Å². The first-order valence-corrected chi connectivity index (χ1v) is 11.6. The van der Waals surface area contributed by atoms with E-state index in [4.69, 9.17) is 32.7 Å². The molecule has 1 aromatic heterocycles. The van der Waals surface area contributed by atoms with Gasteiger partial charge in [-0.15, -0.1) is 11.3 Å². The van der Waals surface area contributed by atoms with Gasteiger partial charge in [0.25, 0.3) is 11.6 Å². The Bertz CT molecular complexity index is 1400. The highest BCUT2D eigenvalue weighted by atomic mass is 35.5. The first-order chi connectivity index (χ1) is 16.8. The highest BCUT2D eigenvalue weighted by Crippen LogP contribution is 2.37. The number of anilines is 1. The van der Waals surface area contributed by atoms with E-state index in [1.54, 1.807) is 5.38 Å². The van der Waals surface area contributed by atoms with E-state index in [1.807, 2.05) is 30.3 Å². The maximum absolute atomic E-state index is 14.2. The molecule has 0 saturated carbocycles. The predicted octanol–water partition coefficient (Wildman–Crippen LogP) is 7.73. The molecule has 11 heteroatoms. The topological polar surface area (TPSA) is 90.7 Å². The van der Waals surface area contributed by atoms with Gasteiger partial charge < -0.3 is 14.8 Å². The van der Waals surface area contributed by atoms with Crippen LogP contribution in [0.5, 0.6) is 17.2 Å². The highest BCUT2D eigenvalue weighted by molar-refractivity contribution is 7.12. The lowest BCUT2D eigenvalue weighted by atomic mass is 10.2. The molecule has 0 spiro atoms. The lowest BCUT2D eigenvalue weighted by molar-refractivity contribution is -0.385. The Labute approximate surface area is 212 Å². The van der Waals surface area contributed by atoms with E-state index in [1.165, 1.54) is 18.2 Å². The van der Waals surface area contributed by atoms with Gasteiger partial charge in [0.05, 0.1) is 26.7 Å². The van der Waals surface area contributed by atoms with Crippen molar-refractivity contribution >= 4 is 51.8 Å². The summed E-state index contributed by atoms with van der Waals surface area (Å²) in [5.41, 5.74) is 0.772. The lowest BCUT2D eigenvalue weighted by Crippen LogP contribution is -2.12. The number of nitrogens with zero attached hydrogens (tertiary/aromatic N) is 1. The molecule has 4 aromatic rings. The monoisotopic (exact) mass is 532 g/mol. The van der Waals surface area contributed by atoms with E-state index < -0.39 is 22.3 Å². The van der Waals surface area contributed by atoms with Crippen LogP contribution in [0.25, 0.3) is 0 Å². The summed E-state index contributed by atoms with van der Waals surface area (Å²) >= 11 is 13.6. The van der Waals surface area contributed by atoms with Crippen LogP contribution in [-0.4, -0.2) is 10.8 Å². The van der Waals surface area contributed by atoms with E-state index in [-0.39, 0.29) is 38.7 Å². The lowest BCUT2D eigenvalue weighted by Gasteiger charge is -2.13. The molecule has 0 saturated heterocycles. The zero-order chi connectivity index (χ0) is 24.9. The smallest absolute Gasteiger partial charge is 0.272 e. The molecule has 0 aliphatic heterocycles. The maximum atomic E-state index is 14.2. The van der Waals surface area contributed by atoms with Crippen LogP contribution in [0.15, 0.2) is 72.1 Å². The van der Waals surface area contributed by atoms with Crippen molar-refractivity contribution in [3.8, 4) is 17.2 Å². The molecule has 1 N–H and O–H groups in total. The van der Waals surface area contributed by atoms with Crippen LogP contribution in [0.4, 0.5) is 15.8 Å². The molecule has 4 rings (SSSR count). The standard InChI is InChI=1S/C24H15Cl2FN2O5S/c25-16-11-17(26)22(33-13-14-4-2-1-3-5-14)12-19(16)28-24(30)23-21(8-9-35-23)34-20-7-6-15(29(31)32)10-18(20)27/h1-12H,13H2,(H,28,30). The molecule has 0 fully saturated rings. The maximum Gasteiger partial charge on any atom is 0.272 e. The Morgan fingerprint density at radius 3 is 2.49 bits per heavy atom. The summed E-state index contributed by atoms with van der Waals surface area (Å²) in [6, 6.07) is 16.9. The number of non-ortho nitro benzene ring substituents is 1. The molecule has 1 amide bonds. The fourth-order valence-corrected chi connectivity index (χ4v) is 4.19. The predicted molar refractivity (Wildman–Crippen MR) is 133 cm³/mol. The molecule has 0 aliphatic rings. The Balaban J connectivity index is 1.51. The minimum absolute atomic E-state index is 0.0749. The van der Waals surface area contributed by atoms with Gasteiger partial charge in [-0.2, -0.15) is 0 Å². The third kappa shape index (κ3) is 5.89. The molecule has 1 heterocycles. The largest absolute Gasteiger partial charge is 0.487 e. The summed E-state index contributed by atoms with van der Waals surface area (Å²) in [5.74, 6) is -1.35. The van der Waals surface area contributed by atoms with Crippen LogP contribution in [0, 0.1) is 15.9 Å². The Morgan fingerprint density at radius 2 is 1.77 bits per heavy atom. The van der Waals surface area contributed by atoms with Crippen molar-refractivity contribution in [2.45, 2.75) is 6.61 Å². The van der Waals surface area contributed by atoms with Gasteiger partial charge in [0, 0.05) is 12.1 Å². The summed E-state index contributed by atoms with van der Waals surface area (Å²) in [7, 11) is 0. The number of halogens is 3. The molecule has 0 radical (unpaired) electrons. The second-order valence-corrected chi connectivity index (χ2v) is 8.81. The van der Waals surface area contributed by atoms with Crippen LogP contribution in [0.1, 0.15) is 15.2 Å². The number of nitro benzene ring substituents is 1. The van der Waals surface area contributed by atoms with E-state index >= 15 is 0 Å². The van der Waals surface area contributed by atoms with E-state index in [2.05, 4.69) is 5.32 Å². The van der Waals surface area contributed by atoms with Crippen molar-refractivity contribution in [3.63, 3.8) is 0 Å². The van der Waals surface area contributed by atoms with Gasteiger partial charge in [-0.3, -0.25) is 14.9 Å². The quantitative estimate of drug-likeness (QED) is 0.185. The van der Waals surface area contributed by atoms with Crippen molar-refractivity contribution in [2.24, 2.45) is 0 Å². The van der Waals surface area contributed by atoms with E-state index in [0.717, 1.165) is 35.1 Å². The summed E-state index contributed by atoms with van der Waals surface area (Å²) in [6.07, 6.45) is 0. The van der Waals surface area contributed by atoms with Crippen LogP contribution in [0.3, 0.4) is 0 Å². The number of carbonyl (C=O) groups excluding carboxylic acids is 1. The van der Waals surface area contributed by atoms with Gasteiger partial charge in [-0.25, -0.2) is 4.39 Å². The number of hydrogen-bond donors (Lipinski definition) is 1. The molecular formula is C24H15Cl2FN2O5S. The fourth-order valence-electron chi connectivity index (χ4n) is 3.00. The third-order valence-corrected chi connectivity index (χ3v) is 6.19. The molecule has 7 nitrogen and oxygen atoms in total. The average molecular weight is 533 g/mol. The minimum atomic E-state index is -0.933. The summed E-state index contributed by atoms with van der Waals surface area (Å²) in [6.45, 7) is 0.263. The first-order valence-electron chi connectivity index (χ1n) is 9.98. The normalized spacial score (nSPS) is 10.6. The molecular weight excluding hydrogens is 518 g/mol. The molecule has 0 aliphatic carbocycles. The third-order valence-electron chi connectivity index (χ3n) is 4.69. The van der Waals surface area contributed by atoms with Crippen LogP contribution >= 0.6 is 34.5 Å². The summed E-state index contributed by atoms with van der Waals surface area (Å²) in [5, 5.41) is 15.5. The number of ether oxygens (including phenoxy) is 2.